The van der Waals surface area contributed by atoms with Crippen LogP contribution in [0.5, 0.6) is 11.5 Å². The highest BCUT2D eigenvalue weighted by molar-refractivity contribution is 5.86. The molecule has 1 aromatic rings. The topological polar surface area (TPSA) is 124 Å². The summed E-state index contributed by atoms with van der Waals surface area (Å²) in [6.07, 6.45) is 3.18. The smallest absolute Gasteiger partial charge is 0.339 e. The van der Waals surface area contributed by atoms with Crippen LogP contribution in [0.15, 0.2) is 24.0 Å². The van der Waals surface area contributed by atoms with Crippen LogP contribution in [0.1, 0.15) is 63.0 Å². The number of hydrogen-bond donors (Lipinski definition) is 2. The van der Waals surface area contributed by atoms with Gasteiger partial charge in [0.25, 0.3) is 0 Å². The van der Waals surface area contributed by atoms with Crippen LogP contribution in [0.4, 0.5) is 0 Å². The van der Waals surface area contributed by atoms with Crippen molar-refractivity contribution in [1.29, 1.82) is 0 Å². The largest absolute Gasteiger partial charge is 0.497 e. The van der Waals surface area contributed by atoms with Crippen molar-refractivity contribution in [2.45, 2.75) is 81.1 Å². The summed E-state index contributed by atoms with van der Waals surface area (Å²) >= 11 is 0. The number of nitrogens with zero attached hydrogens (tertiary/aromatic N) is 1. The van der Waals surface area contributed by atoms with Gasteiger partial charge < -0.3 is 33.9 Å². The lowest BCUT2D eigenvalue weighted by Gasteiger charge is -2.39. The molecule has 5 rings (SSSR count). The van der Waals surface area contributed by atoms with Crippen molar-refractivity contribution < 1.29 is 43.5 Å². The second kappa shape index (κ2) is 9.73. The molecule has 0 radical (unpaired) electrons. The minimum absolute atomic E-state index is 0.0701. The molecule has 2 N–H and O–H groups in total. The van der Waals surface area contributed by atoms with Crippen molar-refractivity contribution in [3.63, 3.8) is 0 Å². The first-order valence-electron chi connectivity index (χ1n) is 13.2. The number of fused-ring (bicyclic) bond motifs is 3. The maximum atomic E-state index is 13.7. The minimum Gasteiger partial charge on any atom is -0.497 e. The Bertz CT molecular complexity index is 1140. The summed E-state index contributed by atoms with van der Waals surface area (Å²) in [6, 6.07) is 3.99. The fourth-order valence-electron chi connectivity index (χ4n) is 6.41. The van der Waals surface area contributed by atoms with Crippen LogP contribution in [0.3, 0.4) is 0 Å². The van der Waals surface area contributed by atoms with Gasteiger partial charge in [-0.3, -0.25) is 9.69 Å². The first-order chi connectivity index (χ1) is 18.0. The fourth-order valence-corrected chi connectivity index (χ4v) is 6.41. The van der Waals surface area contributed by atoms with Crippen molar-refractivity contribution >= 4 is 11.9 Å². The zero-order valence-corrected chi connectivity index (χ0v) is 22.5. The normalized spacial score (nSPS) is 27.4. The van der Waals surface area contributed by atoms with Gasteiger partial charge in [-0.15, -0.1) is 0 Å². The number of carbonyl (C=O) groups excluding carboxylic acids is 2. The number of benzene rings is 1. The molecule has 0 saturated carbocycles. The summed E-state index contributed by atoms with van der Waals surface area (Å²) in [5.41, 5.74) is -1.69. The van der Waals surface area contributed by atoms with Crippen LogP contribution in [0.2, 0.25) is 0 Å². The number of rotatable bonds is 8. The molecule has 0 amide bonds. The van der Waals surface area contributed by atoms with Crippen LogP contribution < -0.4 is 9.47 Å². The zero-order chi connectivity index (χ0) is 27.3. The molecule has 1 fully saturated rings. The van der Waals surface area contributed by atoms with Gasteiger partial charge in [0.15, 0.2) is 23.2 Å². The number of methoxy groups -OCH3 is 2. The van der Waals surface area contributed by atoms with Gasteiger partial charge in [-0.25, -0.2) is 4.79 Å². The van der Waals surface area contributed by atoms with Crippen molar-refractivity contribution in [3.8, 4) is 11.5 Å². The van der Waals surface area contributed by atoms with Crippen LogP contribution in [-0.4, -0.2) is 84.0 Å². The van der Waals surface area contributed by atoms with E-state index < -0.39 is 41.2 Å². The highest BCUT2D eigenvalue weighted by atomic mass is 16.7. The van der Waals surface area contributed by atoms with Crippen molar-refractivity contribution in [2.24, 2.45) is 0 Å². The van der Waals surface area contributed by atoms with Crippen LogP contribution >= 0.6 is 0 Å². The molecular weight excluding hydrogens is 494 g/mol. The summed E-state index contributed by atoms with van der Waals surface area (Å²) in [5.74, 6) is -0.163. The van der Waals surface area contributed by atoms with Crippen LogP contribution in [0, 0.1) is 0 Å². The Morgan fingerprint density at radius 1 is 1.13 bits per heavy atom. The molecule has 38 heavy (non-hydrogen) atoms. The number of ether oxygens (including phenoxy) is 5. The first-order valence-corrected chi connectivity index (χ1v) is 13.2. The van der Waals surface area contributed by atoms with E-state index in [1.807, 2.05) is 12.1 Å². The molecule has 1 saturated heterocycles. The summed E-state index contributed by atoms with van der Waals surface area (Å²) in [5, 5.41) is 21.7. The van der Waals surface area contributed by atoms with Gasteiger partial charge >= 0.3 is 11.9 Å². The zero-order valence-electron chi connectivity index (χ0n) is 22.5. The van der Waals surface area contributed by atoms with E-state index in [9.17, 15) is 19.8 Å². The number of aliphatic hydroxyl groups is 2. The van der Waals surface area contributed by atoms with Gasteiger partial charge in [0, 0.05) is 6.54 Å². The lowest BCUT2D eigenvalue weighted by molar-refractivity contribution is -0.179. The maximum Gasteiger partial charge on any atom is 0.339 e. The average molecular weight is 532 g/mol. The standard InChI is InChI=1S/C28H37NO9/c1-26(2,32)8-9-28(33,15-22(30)35-4)25(31)38-24-21(34-3)14-27-7-5-10-29(27)11-6-17-12-19-20(37-16-36-19)13-18(17)23(24)27/h12-14,23-24,32-33H,5-11,15-16H2,1-4H3/t23-,24-,27+,28-/m0/s1. The minimum atomic E-state index is -2.18. The van der Waals surface area contributed by atoms with Gasteiger partial charge in [-0.2, -0.15) is 0 Å². The lowest BCUT2D eigenvalue weighted by atomic mass is 9.77. The van der Waals surface area contributed by atoms with Gasteiger partial charge in [-0.05, 0) is 81.8 Å². The highest BCUT2D eigenvalue weighted by Crippen LogP contribution is 2.55. The second-order valence-corrected chi connectivity index (χ2v) is 11.4. The van der Waals surface area contributed by atoms with Crippen molar-refractivity contribution in [3.05, 3.63) is 35.1 Å². The van der Waals surface area contributed by atoms with Gasteiger partial charge in [0.05, 0.1) is 37.7 Å². The molecular formula is C28H37NO9. The Balaban J connectivity index is 1.53. The number of carbonyl (C=O) groups is 2. The third kappa shape index (κ3) is 4.63. The number of esters is 2. The summed E-state index contributed by atoms with van der Waals surface area (Å²) in [7, 11) is 2.74. The lowest BCUT2D eigenvalue weighted by Crippen LogP contribution is -2.49. The average Bonchev–Trinajstić information content (AvgIpc) is 3.56. The summed E-state index contributed by atoms with van der Waals surface area (Å²) in [6.45, 7) is 5.04. The molecule has 1 aromatic carbocycles. The van der Waals surface area contributed by atoms with E-state index in [4.69, 9.17) is 23.7 Å². The first kappa shape index (κ1) is 26.8. The van der Waals surface area contributed by atoms with Gasteiger partial charge in [0.2, 0.25) is 6.79 Å². The molecule has 0 aromatic heterocycles. The molecule has 0 bridgehead atoms. The Morgan fingerprint density at radius 2 is 1.87 bits per heavy atom. The Morgan fingerprint density at radius 3 is 2.55 bits per heavy atom. The van der Waals surface area contributed by atoms with E-state index >= 15 is 0 Å². The molecule has 208 valence electrons. The third-order valence-electron chi connectivity index (χ3n) is 8.39. The fraction of sp³-hybridized carbons (Fsp3) is 0.643. The van der Waals surface area contributed by atoms with Gasteiger partial charge in [0.1, 0.15) is 5.76 Å². The monoisotopic (exact) mass is 531 g/mol. The molecule has 1 spiro atoms. The molecule has 1 aliphatic carbocycles. The second-order valence-electron chi connectivity index (χ2n) is 11.4. The molecule has 10 heteroatoms. The van der Waals surface area contributed by atoms with Crippen LogP contribution in [-0.2, 0) is 30.2 Å². The van der Waals surface area contributed by atoms with Crippen molar-refractivity contribution in [1.82, 2.24) is 4.90 Å². The molecule has 0 unspecified atom stereocenters. The Kier molecular flexibility index (Phi) is 6.86. The molecule has 3 heterocycles. The maximum absolute atomic E-state index is 13.7. The third-order valence-corrected chi connectivity index (χ3v) is 8.39. The molecule has 10 nitrogen and oxygen atoms in total. The molecule has 4 aliphatic rings. The van der Waals surface area contributed by atoms with Gasteiger partial charge in [-0.1, -0.05) is 0 Å². The van der Waals surface area contributed by atoms with E-state index in [-0.39, 0.29) is 25.6 Å². The van der Waals surface area contributed by atoms with Crippen molar-refractivity contribution in [2.75, 3.05) is 34.1 Å². The SMILES string of the molecule is COC(=O)C[C@@](O)(CCC(C)(C)O)C(=O)O[C@H]1C(OC)=C[C@@]23CCCN2CCc2cc4c(cc2[C@@H]13)OCO4. The summed E-state index contributed by atoms with van der Waals surface area (Å²) in [4.78, 5) is 28.3. The highest BCUT2D eigenvalue weighted by Gasteiger charge is 2.59. The predicted octanol–water partition coefficient (Wildman–Crippen LogP) is 2.19. The van der Waals surface area contributed by atoms with E-state index in [0.29, 0.717) is 17.3 Å². The Labute approximate surface area is 222 Å². The molecule has 4 atom stereocenters. The van der Waals surface area contributed by atoms with E-state index in [2.05, 4.69) is 11.0 Å². The van der Waals surface area contributed by atoms with E-state index in [1.165, 1.54) is 7.11 Å². The predicted molar refractivity (Wildman–Crippen MR) is 135 cm³/mol. The number of hydrogen-bond acceptors (Lipinski definition) is 10. The van der Waals surface area contributed by atoms with Crippen LogP contribution in [0.25, 0.3) is 0 Å². The van der Waals surface area contributed by atoms with E-state index in [1.54, 1.807) is 21.0 Å². The summed E-state index contributed by atoms with van der Waals surface area (Å²) < 4.78 is 28.0. The molecule has 3 aliphatic heterocycles. The van der Waals surface area contributed by atoms with E-state index in [0.717, 1.165) is 43.5 Å². The quantitative estimate of drug-likeness (QED) is 0.483. The Hall–Kier alpha value is -2.82.